The topological polar surface area (TPSA) is 107 Å². The predicted octanol–water partition coefficient (Wildman–Crippen LogP) is 3.22. The number of ether oxygens (including phenoxy) is 1. The zero-order chi connectivity index (χ0) is 25.1. The van der Waals surface area contributed by atoms with Gasteiger partial charge in [0, 0.05) is 37.8 Å². The molecule has 35 heavy (non-hydrogen) atoms. The van der Waals surface area contributed by atoms with Gasteiger partial charge in [-0.15, -0.1) is 10.2 Å². The van der Waals surface area contributed by atoms with Crippen molar-refractivity contribution in [2.45, 2.75) is 32.0 Å². The number of nitrogens with zero attached hydrogens (tertiary/aromatic N) is 6. The molecule has 3 aromatic rings. The van der Waals surface area contributed by atoms with E-state index in [1.807, 2.05) is 68.9 Å². The van der Waals surface area contributed by atoms with Crippen molar-refractivity contribution in [3.8, 4) is 11.5 Å². The van der Waals surface area contributed by atoms with E-state index in [1.54, 1.807) is 16.5 Å². The number of urea groups is 1. The maximum atomic E-state index is 13.2. The molecule has 0 radical (unpaired) electrons. The summed E-state index contributed by atoms with van der Waals surface area (Å²) < 4.78 is 9.07. The molecule has 0 fully saturated rings. The van der Waals surface area contributed by atoms with Crippen LogP contribution in [-0.4, -0.2) is 60.3 Å². The van der Waals surface area contributed by atoms with Crippen LogP contribution in [-0.2, 0) is 23.6 Å². The molecule has 2 amide bonds. The SMILES string of the molecule is CCOC(=O)C1=C(CSc2nnc(-c3cc(C)n(C)n3)n2C)N(CC)C(=O)N[C@@H]1c1ccccc1. The van der Waals surface area contributed by atoms with Gasteiger partial charge in [0.1, 0.15) is 5.69 Å². The number of nitrogens with one attached hydrogen (secondary N) is 1. The van der Waals surface area contributed by atoms with E-state index in [-0.39, 0.29) is 12.6 Å². The molecule has 1 atom stereocenters. The van der Waals surface area contributed by atoms with Crippen molar-refractivity contribution >= 4 is 23.8 Å². The Morgan fingerprint density at radius 1 is 1.17 bits per heavy atom. The van der Waals surface area contributed by atoms with Crippen LogP contribution in [0.25, 0.3) is 11.5 Å². The number of hydrogen-bond acceptors (Lipinski definition) is 7. The summed E-state index contributed by atoms with van der Waals surface area (Å²) in [4.78, 5) is 27.8. The first-order valence-corrected chi connectivity index (χ1v) is 12.4. The van der Waals surface area contributed by atoms with Gasteiger partial charge in [0.25, 0.3) is 0 Å². The lowest BCUT2D eigenvalue weighted by molar-refractivity contribution is -0.139. The van der Waals surface area contributed by atoms with Crippen LogP contribution in [0, 0.1) is 6.92 Å². The van der Waals surface area contributed by atoms with Crippen LogP contribution in [0.4, 0.5) is 4.79 Å². The van der Waals surface area contributed by atoms with Crippen LogP contribution >= 0.6 is 11.8 Å². The monoisotopic (exact) mass is 495 g/mol. The molecule has 0 aliphatic carbocycles. The standard InChI is InChI=1S/C24H29N7O3S/c1-6-31-18(14-35-24-27-26-21(29(24)4)17-13-15(3)30(5)28-17)19(22(32)34-7-2)20(25-23(31)33)16-11-9-8-10-12-16/h8-13,20H,6-7,14H2,1-5H3,(H,25,33)/t20-/m1/s1. The van der Waals surface area contributed by atoms with Gasteiger partial charge in [-0.05, 0) is 32.4 Å². The summed E-state index contributed by atoms with van der Waals surface area (Å²) in [5, 5.41) is 16.8. The van der Waals surface area contributed by atoms with E-state index in [2.05, 4.69) is 20.6 Å². The van der Waals surface area contributed by atoms with E-state index in [0.717, 1.165) is 17.0 Å². The Labute approximate surface area is 208 Å². The molecule has 184 valence electrons. The summed E-state index contributed by atoms with van der Waals surface area (Å²) in [6.45, 7) is 6.26. The van der Waals surface area contributed by atoms with E-state index in [9.17, 15) is 9.59 Å². The highest BCUT2D eigenvalue weighted by molar-refractivity contribution is 7.99. The number of carbonyl (C=O) groups excluding carboxylic acids is 2. The molecule has 1 aliphatic rings. The summed E-state index contributed by atoms with van der Waals surface area (Å²) in [5.74, 6) is 0.538. The van der Waals surface area contributed by atoms with Crippen LogP contribution in [0.3, 0.4) is 0 Å². The summed E-state index contributed by atoms with van der Waals surface area (Å²) in [5.41, 5.74) is 3.59. The van der Waals surface area contributed by atoms with Crippen molar-refractivity contribution in [1.29, 1.82) is 0 Å². The second-order valence-electron chi connectivity index (χ2n) is 8.07. The molecule has 11 heteroatoms. The average Bonchev–Trinajstić information content (AvgIpc) is 3.38. The fraction of sp³-hybridized carbons (Fsp3) is 0.375. The number of aryl methyl sites for hydroxylation is 2. The summed E-state index contributed by atoms with van der Waals surface area (Å²) in [6.07, 6.45) is 0. The maximum absolute atomic E-state index is 13.2. The lowest BCUT2D eigenvalue weighted by Crippen LogP contribution is -2.49. The number of carbonyl (C=O) groups is 2. The quantitative estimate of drug-likeness (QED) is 0.378. The van der Waals surface area contributed by atoms with E-state index >= 15 is 0 Å². The second-order valence-corrected chi connectivity index (χ2v) is 9.01. The minimum atomic E-state index is -0.604. The van der Waals surface area contributed by atoms with Gasteiger partial charge in [-0.3, -0.25) is 9.58 Å². The highest BCUT2D eigenvalue weighted by Gasteiger charge is 2.37. The zero-order valence-electron chi connectivity index (χ0n) is 20.5. The molecular weight excluding hydrogens is 466 g/mol. The molecule has 0 bridgehead atoms. The van der Waals surface area contributed by atoms with Crippen LogP contribution in [0.1, 0.15) is 31.1 Å². The van der Waals surface area contributed by atoms with E-state index in [0.29, 0.717) is 34.5 Å². The maximum Gasteiger partial charge on any atom is 0.338 e. The van der Waals surface area contributed by atoms with Crippen LogP contribution < -0.4 is 5.32 Å². The van der Waals surface area contributed by atoms with E-state index in [1.165, 1.54) is 11.8 Å². The highest BCUT2D eigenvalue weighted by atomic mass is 32.2. The fourth-order valence-electron chi connectivity index (χ4n) is 4.00. The Balaban J connectivity index is 1.71. The number of aromatic nitrogens is 5. The normalized spacial score (nSPS) is 16.0. The summed E-state index contributed by atoms with van der Waals surface area (Å²) in [6, 6.07) is 10.5. The number of esters is 1. The summed E-state index contributed by atoms with van der Waals surface area (Å²) >= 11 is 1.41. The lowest BCUT2D eigenvalue weighted by atomic mass is 9.95. The third-order valence-electron chi connectivity index (χ3n) is 5.90. The van der Waals surface area contributed by atoms with Crippen molar-refractivity contribution in [3.05, 3.63) is 58.9 Å². The molecule has 1 N–H and O–H groups in total. The van der Waals surface area contributed by atoms with Crippen molar-refractivity contribution < 1.29 is 14.3 Å². The average molecular weight is 496 g/mol. The number of benzene rings is 1. The van der Waals surface area contributed by atoms with Gasteiger partial charge >= 0.3 is 12.0 Å². The number of rotatable bonds is 8. The van der Waals surface area contributed by atoms with Gasteiger partial charge in [0.15, 0.2) is 11.0 Å². The molecule has 1 aliphatic heterocycles. The van der Waals surface area contributed by atoms with E-state index < -0.39 is 12.0 Å². The minimum Gasteiger partial charge on any atom is -0.463 e. The predicted molar refractivity (Wildman–Crippen MR) is 132 cm³/mol. The molecule has 0 saturated heterocycles. The number of thioether (sulfide) groups is 1. The van der Waals surface area contributed by atoms with Gasteiger partial charge in [-0.2, -0.15) is 5.10 Å². The van der Waals surface area contributed by atoms with Gasteiger partial charge in [0.2, 0.25) is 0 Å². The molecule has 0 spiro atoms. The smallest absolute Gasteiger partial charge is 0.338 e. The number of hydrogen-bond donors (Lipinski definition) is 1. The zero-order valence-corrected chi connectivity index (χ0v) is 21.3. The van der Waals surface area contributed by atoms with Gasteiger partial charge < -0.3 is 14.6 Å². The Morgan fingerprint density at radius 2 is 1.91 bits per heavy atom. The van der Waals surface area contributed by atoms with Crippen molar-refractivity contribution in [1.82, 2.24) is 34.8 Å². The summed E-state index contributed by atoms with van der Waals surface area (Å²) in [7, 11) is 3.76. The fourth-order valence-corrected chi connectivity index (χ4v) is 4.96. The molecule has 4 rings (SSSR count). The Morgan fingerprint density at radius 3 is 2.54 bits per heavy atom. The molecule has 10 nitrogen and oxygen atoms in total. The Bertz CT molecular complexity index is 1250. The number of amides is 2. The second kappa shape index (κ2) is 10.3. The first kappa shape index (κ1) is 24.5. The molecule has 3 heterocycles. The first-order chi connectivity index (χ1) is 16.8. The van der Waals surface area contributed by atoms with Gasteiger partial charge in [-0.25, -0.2) is 9.59 Å². The molecular formula is C24H29N7O3S. The molecule has 0 unspecified atom stereocenters. The van der Waals surface area contributed by atoms with Crippen LogP contribution in [0.5, 0.6) is 0 Å². The minimum absolute atomic E-state index is 0.237. The van der Waals surface area contributed by atoms with Gasteiger partial charge in [0.05, 0.1) is 18.2 Å². The molecule has 1 aromatic carbocycles. The Hall–Kier alpha value is -3.60. The Kier molecular flexibility index (Phi) is 7.25. The van der Waals surface area contributed by atoms with Gasteiger partial charge in [-0.1, -0.05) is 42.1 Å². The van der Waals surface area contributed by atoms with Crippen LogP contribution in [0.2, 0.25) is 0 Å². The van der Waals surface area contributed by atoms with Crippen molar-refractivity contribution in [2.24, 2.45) is 14.1 Å². The van der Waals surface area contributed by atoms with Crippen molar-refractivity contribution in [2.75, 3.05) is 18.9 Å². The van der Waals surface area contributed by atoms with Crippen LogP contribution in [0.15, 0.2) is 52.8 Å². The first-order valence-electron chi connectivity index (χ1n) is 11.4. The lowest BCUT2D eigenvalue weighted by Gasteiger charge is -2.36. The highest BCUT2D eigenvalue weighted by Crippen LogP contribution is 2.34. The van der Waals surface area contributed by atoms with E-state index in [4.69, 9.17) is 4.74 Å². The third-order valence-corrected chi connectivity index (χ3v) is 6.93. The third kappa shape index (κ3) is 4.81. The van der Waals surface area contributed by atoms with Crippen molar-refractivity contribution in [3.63, 3.8) is 0 Å². The largest absolute Gasteiger partial charge is 0.463 e. The molecule has 0 saturated carbocycles. The molecule has 2 aromatic heterocycles.